The number of piperazine rings is 1. The molecule has 32 heavy (non-hydrogen) atoms. The minimum absolute atomic E-state index is 0.0655. The molecule has 1 unspecified atom stereocenters. The van der Waals surface area contributed by atoms with Crippen molar-refractivity contribution in [1.29, 1.82) is 0 Å². The van der Waals surface area contributed by atoms with Crippen LogP contribution in [0.3, 0.4) is 0 Å². The zero-order chi connectivity index (χ0) is 22.7. The predicted octanol–water partition coefficient (Wildman–Crippen LogP) is 3.84. The Morgan fingerprint density at radius 3 is 2.38 bits per heavy atom. The third kappa shape index (κ3) is 5.05. The lowest BCUT2D eigenvalue weighted by Gasteiger charge is -2.36. The fraction of sp³-hybridized carbons (Fsp3) is 0.458. The predicted molar refractivity (Wildman–Crippen MR) is 132 cm³/mol. The van der Waals surface area contributed by atoms with Crippen molar-refractivity contribution in [3.05, 3.63) is 47.5 Å². The van der Waals surface area contributed by atoms with Gasteiger partial charge >= 0.3 is 6.03 Å². The van der Waals surface area contributed by atoms with E-state index >= 15 is 0 Å². The Kier molecular flexibility index (Phi) is 6.96. The van der Waals surface area contributed by atoms with E-state index < -0.39 is 0 Å². The number of ether oxygens (including phenoxy) is 1. The van der Waals surface area contributed by atoms with Gasteiger partial charge in [-0.05, 0) is 63.0 Å². The molecule has 2 fully saturated rings. The van der Waals surface area contributed by atoms with Gasteiger partial charge in [0.05, 0.1) is 12.8 Å². The van der Waals surface area contributed by atoms with Crippen LogP contribution in [0.4, 0.5) is 21.9 Å². The average Bonchev–Trinajstić information content (AvgIpc) is 3.30. The maximum Gasteiger partial charge on any atom is 0.321 e. The van der Waals surface area contributed by atoms with E-state index in [-0.39, 0.29) is 6.03 Å². The molecule has 0 aliphatic carbocycles. The van der Waals surface area contributed by atoms with Gasteiger partial charge in [-0.2, -0.15) is 0 Å². The molecular weight excluding hydrogens is 426 g/mol. The largest absolute Gasteiger partial charge is 0.495 e. The highest BCUT2D eigenvalue weighted by Crippen LogP contribution is 2.32. The first-order chi connectivity index (χ1) is 15.4. The van der Waals surface area contributed by atoms with E-state index in [0.717, 1.165) is 43.3 Å². The molecule has 0 bridgehead atoms. The van der Waals surface area contributed by atoms with Crippen molar-refractivity contribution in [2.24, 2.45) is 0 Å². The lowest BCUT2D eigenvalue weighted by Crippen LogP contribution is -2.50. The first-order valence-electron chi connectivity index (χ1n) is 11.1. The van der Waals surface area contributed by atoms with Gasteiger partial charge in [-0.25, -0.2) is 4.79 Å². The minimum atomic E-state index is -0.0655. The summed E-state index contributed by atoms with van der Waals surface area (Å²) >= 11 is 6.17. The Morgan fingerprint density at radius 1 is 1.03 bits per heavy atom. The second-order valence-electron chi connectivity index (χ2n) is 8.62. The van der Waals surface area contributed by atoms with Crippen molar-refractivity contribution in [3.63, 3.8) is 0 Å². The zero-order valence-corrected chi connectivity index (χ0v) is 19.8. The zero-order valence-electron chi connectivity index (χ0n) is 19.1. The number of likely N-dealkylation sites (N-methyl/N-ethyl adjacent to an activating group) is 1. The third-order valence-corrected chi connectivity index (χ3v) is 6.66. The lowest BCUT2D eigenvalue weighted by atomic mass is 10.2. The molecule has 1 atom stereocenters. The molecule has 0 radical (unpaired) electrons. The van der Waals surface area contributed by atoms with Crippen molar-refractivity contribution in [1.82, 2.24) is 9.80 Å². The Bertz CT molecular complexity index is 928. The lowest BCUT2D eigenvalue weighted by molar-refractivity contribution is 0.208. The summed E-state index contributed by atoms with van der Waals surface area (Å²) in [5.41, 5.74) is 2.99. The van der Waals surface area contributed by atoms with Gasteiger partial charge in [-0.15, -0.1) is 0 Å². The van der Waals surface area contributed by atoms with E-state index in [4.69, 9.17) is 16.3 Å². The fourth-order valence-corrected chi connectivity index (χ4v) is 4.58. The number of carbonyl (C=O) groups excluding carboxylic acids is 1. The van der Waals surface area contributed by atoms with E-state index in [1.165, 1.54) is 12.1 Å². The van der Waals surface area contributed by atoms with Crippen LogP contribution in [-0.2, 0) is 0 Å². The number of benzene rings is 2. The van der Waals surface area contributed by atoms with Gasteiger partial charge < -0.3 is 29.7 Å². The molecular formula is C24H32ClN5O2. The van der Waals surface area contributed by atoms with E-state index in [2.05, 4.69) is 46.2 Å². The molecule has 2 aromatic carbocycles. The molecule has 2 aliphatic rings. The van der Waals surface area contributed by atoms with E-state index in [9.17, 15) is 4.79 Å². The van der Waals surface area contributed by atoms with Gasteiger partial charge in [-0.1, -0.05) is 11.6 Å². The molecule has 2 heterocycles. The molecule has 8 heteroatoms. The SMILES string of the molecule is COc1ccc(Cl)cc1N1CCN(C(=O)Nc2ccc(N3CCC(N(C)C)C3)cc2)CC1. The van der Waals surface area contributed by atoms with Gasteiger partial charge in [0, 0.05) is 61.7 Å². The topological polar surface area (TPSA) is 51.3 Å². The maximum absolute atomic E-state index is 12.8. The highest BCUT2D eigenvalue weighted by Gasteiger charge is 2.25. The van der Waals surface area contributed by atoms with Crippen LogP contribution in [0.1, 0.15) is 6.42 Å². The normalized spacial score (nSPS) is 18.9. The first kappa shape index (κ1) is 22.6. The van der Waals surface area contributed by atoms with Gasteiger partial charge in [0.25, 0.3) is 0 Å². The Labute approximate surface area is 195 Å². The van der Waals surface area contributed by atoms with Crippen LogP contribution in [-0.4, -0.2) is 82.3 Å². The highest BCUT2D eigenvalue weighted by molar-refractivity contribution is 6.30. The first-order valence-corrected chi connectivity index (χ1v) is 11.5. The van der Waals surface area contributed by atoms with Gasteiger partial charge in [0.2, 0.25) is 0 Å². The summed E-state index contributed by atoms with van der Waals surface area (Å²) in [6.45, 7) is 4.84. The molecule has 7 nitrogen and oxygen atoms in total. The van der Waals surface area contributed by atoms with Crippen LogP contribution >= 0.6 is 11.6 Å². The summed E-state index contributed by atoms with van der Waals surface area (Å²) in [5.74, 6) is 0.794. The molecule has 172 valence electrons. The van der Waals surface area contributed by atoms with Crippen LogP contribution in [0.25, 0.3) is 0 Å². The van der Waals surface area contributed by atoms with Crippen molar-refractivity contribution in [2.75, 3.05) is 75.6 Å². The number of halogens is 1. The van der Waals surface area contributed by atoms with Gasteiger partial charge in [0.1, 0.15) is 5.75 Å². The monoisotopic (exact) mass is 457 g/mol. The number of rotatable bonds is 5. The second kappa shape index (κ2) is 9.88. The Hall–Kier alpha value is -2.64. The highest BCUT2D eigenvalue weighted by atomic mass is 35.5. The quantitative estimate of drug-likeness (QED) is 0.739. The number of anilines is 3. The summed E-state index contributed by atoms with van der Waals surface area (Å²) in [7, 11) is 5.93. The molecule has 4 rings (SSSR count). The van der Waals surface area contributed by atoms with Gasteiger partial charge in [-0.3, -0.25) is 0 Å². The van der Waals surface area contributed by atoms with Crippen LogP contribution in [0, 0.1) is 0 Å². The fourth-order valence-electron chi connectivity index (χ4n) is 4.42. The van der Waals surface area contributed by atoms with Crippen LogP contribution in [0.15, 0.2) is 42.5 Å². The number of urea groups is 1. The van der Waals surface area contributed by atoms with Gasteiger partial charge in [0.15, 0.2) is 0 Å². The van der Waals surface area contributed by atoms with Crippen molar-refractivity contribution in [3.8, 4) is 5.75 Å². The average molecular weight is 458 g/mol. The van der Waals surface area contributed by atoms with E-state index in [1.807, 2.05) is 35.2 Å². The molecule has 0 saturated carbocycles. The summed E-state index contributed by atoms with van der Waals surface area (Å²) in [5, 5.41) is 3.72. The molecule has 0 aromatic heterocycles. The number of hydrogen-bond donors (Lipinski definition) is 1. The van der Waals surface area contributed by atoms with Crippen molar-refractivity contribution in [2.45, 2.75) is 12.5 Å². The molecule has 0 spiro atoms. The minimum Gasteiger partial charge on any atom is -0.495 e. The number of amides is 2. The second-order valence-corrected chi connectivity index (χ2v) is 9.06. The van der Waals surface area contributed by atoms with Crippen LogP contribution in [0.5, 0.6) is 5.75 Å². The number of methoxy groups -OCH3 is 1. The Morgan fingerprint density at radius 2 is 1.75 bits per heavy atom. The number of hydrogen-bond acceptors (Lipinski definition) is 5. The summed E-state index contributed by atoms with van der Waals surface area (Å²) in [6, 6.07) is 14.3. The van der Waals surface area contributed by atoms with Crippen molar-refractivity contribution >= 4 is 34.7 Å². The molecule has 2 aliphatic heterocycles. The molecule has 1 N–H and O–H groups in total. The van der Waals surface area contributed by atoms with E-state index in [1.54, 1.807) is 7.11 Å². The third-order valence-electron chi connectivity index (χ3n) is 6.43. The Balaban J connectivity index is 1.30. The number of nitrogens with one attached hydrogen (secondary N) is 1. The summed E-state index contributed by atoms with van der Waals surface area (Å²) in [4.78, 5) is 21.5. The van der Waals surface area contributed by atoms with E-state index in [0.29, 0.717) is 24.2 Å². The number of carbonyl (C=O) groups is 1. The van der Waals surface area contributed by atoms with Crippen LogP contribution < -0.4 is 19.9 Å². The summed E-state index contributed by atoms with van der Waals surface area (Å²) < 4.78 is 5.47. The van der Waals surface area contributed by atoms with Crippen molar-refractivity contribution < 1.29 is 9.53 Å². The molecule has 2 saturated heterocycles. The molecule has 2 amide bonds. The maximum atomic E-state index is 12.8. The smallest absolute Gasteiger partial charge is 0.321 e. The number of nitrogens with zero attached hydrogens (tertiary/aromatic N) is 4. The molecule has 2 aromatic rings. The summed E-state index contributed by atoms with van der Waals surface area (Å²) in [6.07, 6.45) is 1.18. The standard InChI is InChI=1S/C24H32ClN5O2/c1-27(2)21-10-11-30(17-21)20-7-5-19(6-8-20)26-24(31)29-14-12-28(13-15-29)22-16-18(25)4-9-23(22)32-3/h4-9,16,21H,10-15,17H2,1-3H3,(H,26,31). The van der Waals surface area contributed by atoms with Crippen LogP contribution in [0.2, 0.25) is 5.02 Å².